The van der Waals surface area contributed by atoms with E-state index in [0.29, 0.717) is 5.65 Å². The first kappa shape index (κ1) is 15.2. The molecule has 88 valence electrons. The average molecular weight is 595 g/mol. The van der Waals surface area contributed by atoms with Crippen LogP contribution in [0.5, 0.6) is 0 Å². The number of aryl methyl sites for hydroxylation is 1. The number of fused-ring (bicyclic) bond motifs is 1. The van der Waals surface area contributed by atoms with Crippen LogP contribution in [0.4, 0.5) is 5.82 Å². The standard InChI is InChI=1S/C7H9N5.3HI.V/c1-4-11-6(8-2)5-7(12-4)10-3-9-5;;;;/h3H,1-2H3,(H2,8,9,10,11,12);3*1H;/q;;;;+3/p-3. The molecule has 16 heavy (non-hydrogen) atoms. The fourth-order valence-corrected chi connectivity index (χ4v) is 1.12. The van der Waals surface area contributed by atoms with Crippen molar-refractivity contribution in [1.29, 1.82) is 0 Å². The minimum atomic E-state index is -0.278. The molecular weight excluding hydrogens is 586 g/mol. The molecule has 9 heteroatoms. The van der Waals surface area contributed by atoms with Crippen molar-refractivity contribution in [2.45, 2.75) is 6.92 Å². The molecule has 0 bridgehead atoms. The number of aromatic amines is 1. The molecule has 0 atom stereocenters. The summed E-state index contributed by atoms with van der Waals surface area (Å²) in [6.07, 6.45) is 1.61. The van der Waals surface area contributed by atoms with Crippen LogP contribution in [-0.2, 0) is 4.92 Å². The van der Waals surface area contributed by atoms with E-state index in [4.69, 9.17) is 0 Å². The van der Waals surface area contributed by atoms with Gasteiger partial charge in [-0.2, -0.15) is 0 Å². The third-order valence-corrected chi connectivity index (χ3v) is 1.63. The number of nitrogens with zero attached hydrogens (tertiary/aromatic N) is 3. The van der Waals surface area contributed by atoms with E-state index in [1.54, 1.807) is 6.33 Å². The maximum atomic E-state index is 4.20. The molecule has 0 aliphatic heterocycles. The summed E-state index contributed by atoms with van der Waals surface area (Å²) in [6, 6.07) is 0. The van der Waals surface area contributed by atoms with Crippen molar-refractivity contribution in [2.24, 2.45) is 0 Å². The first-order valence-corrected chi connectivity index (χ1v) is 17.7. The Bertz CT molecular complexity index is 457. The second-order valence-electron chi connectivity index (χ2n) is 2.66. The van der Waals surface area contributed by atoms with Crippen LogP contribution in [0.15, 0.2) is 6.33 Å². The molecule has 0 aliphatic carbocycles. The number of anilines is 1. The van der Waals surface area contributed by atoms with Gasteiger partial charge in [0.15, 0.2) is 11.5 Å². The van der Waals surface area contributed by atoms with Gasteiger partial charge in [0.25, 0.3) is 0 Å². The van der Waals surface area contributed by atoms with Crippen molar-refractivity contribution in [3.8, 4) is 0 Å². The zero-order valence-electron chi connectivity index (χ0n) is 8.50. The third kappa shape index (κ3) is 4.78. The van der Waals surface area contributed by atoms with Crippen molar-refractivity contribution < 1.29 is 4.92 Å². The summed E-state index contributed by atoms with van der Waals surface area (Å²) in [4.78, 5) is 15.1. The van der Waals surface area contributed by atoms with Crippen LogP contribution in [0.25, 0.3) is 11.2 Å². The van der Waals surface area contributed by atoms with Crippen LogP contribution < -0.4 is 5.32 Å². The SMILES string of the molecule is CNc1nc(C)nc2nc[nH]c12.[I][V]([I])[I]. The van der Waals surface area contributed by atoms with E-state index >= 15 is 0 Å². The summed E-state index contributed by atoms with van der Waals surface area (Å²) in [5.74, 6) is 1.51. The molecule has 0 aromatic carbocycles. The molecule has 2 aromatic heterocycles. The first-order valence-electron chi connectivity index (χ1n) is 4.17. The Morgan fingerprint density at radius 1 is 1.31 bits per heavy atom. The molecule has 0 saturated heterocycles. The maximum absolute atomic E-state index is 4.20. The number of hydrogen-bond acceptors (Lipinski definition) is 4. The molecular formula is C7H9I3N5V. The molecule has 2 rings (SSSR count). The van der Waals surface area contributed by atoms with Gasteiger partial charge >= 0.3 is 64.9 Å². The van der Waals surface area contributed by atoms with E-state index in [9.17, 15) is 0 Å². The Kier molecular flexibility index (Phi) is 7.15. The summed E-state index contributed by atoms with van der Waals surface area (Å²) in [5.41, 5.74) is 1.55. The summed E-state index contributed by atoms with van der Waals surface area (Å²) >= 11 is 7.39. The number of hydrogen-bond donors (Lipinski definition) is 2. The van der Waals surface area contributed by atoms with Gasteiger partial charge in [-0.05, 0) is 6.92 Å². The van der Waals surface area contributed by atoms with Crippen LogP contribution in [-0.4, -0.2) is 27.0 Å². The van der Waals surface area contributed by atoms with Crippen LogP contribution in [0.3, 0.4) is 0 Å². The van der Waals surface area contributed by atoms with Gasteiger partial charge in [-0.15, -0.1) is 0 Å². The normalized spacial score (nSPS) is 10.1. The fourth-order valence-electron chi connectivity index (χ4n) is 1.12. The first-order chi connectivity index (χ1) is 7.54. The van der Waals surface area contributed by atoms with E-state index in [-0.39, 0.29) is 4.92 Å². The predicted octanol–water partition coefficient (Wildman–Crippen LogP) is 3.36. The monoisotopic (exact) mass is 595 g/mol. The van der Waals surface area contributed by atoms with E-state index in [1.807, 2.05) is 14.0 Å². The Labute approximate surface area is 131 Å². The van der Waals surface area contributed by atoms with Gasteiger partial charge in [-0.1, -0.05) is 0 Å². The van der Waals surface area contributed by atoms with Gasteiger partial charge in [0.1, 0.15) is 11.3 Å². The fraction of sp³-hybridized carbons (Fsp3) is 0.286. The Morgan fingerprint density at radius 3 is 2.50 bits per heavy atom. The number of halogens is 3. The Hall–Kier alpha value is 1.12. The van der Waals surface area contributed by atoms with Crippen molar-refractivity contribution in [1.82, 2.24) is 19.9 Å². The van der Waals surface area contributed by atoms with Crippen molar-refractivity contribution in [3.05, 3.63) is 12.2 Å². The van der Waals surface area contributed by atoms with Crippen LogP contribution in [0, 0.1) is 6.92 Å². The zero-order chi connectivity index (χ0) is 12.1. The summed E-state index contributed by atoms with van der Waals surface area (Å²) in [7, 11) is 1.82. The quantitative estimate of drug-likeness (QED) is 0.497. The molecule has 0 unspecified atom stereocenters. The van der Waals surface area contributed by atoms with E-state index < -0.39 is 0 Å². The van der Waals surface area contributed by atoms with Crippen molar-refractivity contribution >= 4 is 76.9 Å². The van der Waals surface area contributed by atoms with Crippen LogP contribution in [0.1, 0.15) is 5.82 Å². The summed E-state index contributed by atoms with van der Waals surface area (Å²) < 4.78 is 0. The molecule has 2 heterocycles. The second-order valence-corrected chi connectivity index (χ2v) is 38.0. The van der Waals surface area contributed by atoms with E-state index in [0.717, 1.165) is 17.2 Å². The molecule has 0 amide bonds. The summed E-state index contributed by atoms with van der Waals surface area (Å²) in [5, 5.41) is 2.97. The van der Waals surface area contributed by atoms with Gasteiger partial charge in [0.2, 0.25) is 0 Å². The second kappa shape index (κ2) is 7.54. The Morgan fingerprint density at radius 2 is 1.94 bits per heavy atom. The minimum absolute atomic E-state index is 0.278. The van der Waals surface area contributed by atoms with Gasteiger partial charge in [0.05, 0.1) is 6.33 Å². The molecule has 0 radical (unpaired) electrons. The molecule has 2 N–H and O–H groups in total. The van der Waals surface area contributed by atoms with E-state index in [2.05, 4.69) is 85.2 Å². The number of nitrogens with one attached hydrogen (secondary N) is 2. The topological polar surface area (TPSA) is 66.5 Å². The number of H-pyrrole nitrogens is 1. The van der Waals surface area contributed by atoms with E-state index in [1.165, 1.54) is 0 Å². The predicted molar refractivity (Wildman–Crippen MR) is 88.0 cm³/mol. The number of rotatable bonds is 1. The molecule has 5 nitrogen and oxygen atoms in total. The molecule has 0 aliphatic rings. The van der Waals surface area contributed by atoms with Gasteiger partial charge < -0.3 is 10.3 Å². The Balaban J connectivity index is 0.000000280. The van der Waals surface area contributed by atoms with Gasteiger partial charge in [-0.25, -0.2) is 15.0 Å². The molecule has 0 saturated carbocycles. The molecule has 0 fully saturated rings. The molecule has 0 spiro atoms. The zero-order valence-corrected chi connectivity index (χ0v) is 16.4. The average Bonchev–Trinajstić information content (AvgIpc) is 2.63. The van der Waals surface area contributed by atoms with Crippen LogP contribution in [0.2, 0.25) is 0 Å². The molecule has 2 aromatic rings. The number of imidazole rings is 1. The summed E-state index contributed by atoms with van der Waals surface area (Å²) in [6.45, 7) is 1.84. The third-order valence-electron chi connectivity index (χ3n) is 1.63. The van der Waals surface area contributed by atoms with Crippen molar-refractivity contribution in [3.63, 3.8) is 0 Å². The van der Waals surface area contributed by atoms with Gasteiger partial charge in [-0.3, -0.25) is 0 Å². The number of aromatic nitrogens is 4. The van der Waals surface area contributed by atoms with Gasteiger partial charge in [0, 0.05) is 7.05 Å². The van der Waals surface area contributed by atoms with Crippen LogP contribution >= 0.6 is 59.9 Å². The van der Waals surface area contributed by atoms with Crippen molar-refractivity contribution in [2.75, 3.05) is 12.4 Å².